The van der Waals surface area contributed by atoms with Crippen molar-refractivity contribution in [3.8, 4) is 12.3 Å². The zero-order valence-corrected chi connectivity index (χ0v) is 15.8. The number of sulfonamides is 1. The van der Waals surface area contributed by atoms with Gasteiger partial charge in [-0.2, -0.15) is 9.82 Å². The molecule has 0 aliphatic heterocycles. The molecule has 138 valence electrons. The van der Waals surface area contributed by atoms with Gasteiger partial charge >= 0.3 is 0 Å². The van der Waals surface area contributed by atoms with Gasteiger partial charge in [0.1, 0.15) is 0 Å². The van der Waals surface area contributed by atoms with Crippen molar-refractivity contribution in [1.29, 1.82) is 0 Å². The maximum Gasteiger partial charge on any atom is 0.254 e. The van der Waals surface area contributed by atoms with Crippen LogP contribution >= 0.6 is 0 Å². The van der Waals surface area contributed by atoms with Gasteiger partial charge < -0.3 is 4.90 Å². The van der Waals surface area contributed by atoms with E-state index in [1.807, 2.05) is 27.1 Å². The average Bonchev–Trinajstić information content (AvgIpc) is 3.02. The van der Waals surface area contributed by atoms with Gasteiger partial charge in [0.25, 0.3) is 5.91 Å². The van der Waals surface area contributed by atoms with Crippen LogP contribution in [0.5, 0.6) is 0 Å². The molecular formula is C18H22N4O3S. The number of hydrogen-bond donors (Lipinski definition) is 1. The SMILES string of the molecule is C#CCNS(=O)(=O)c1ccc(C(=O)N(Cc2cnn(C)c2)C(C)C)cc1. The van der Waals surface area contributed by atoms with Crippen LogP contribution in [0.15, 0.2) is 41.6 Å². The first-order valence-corrected chi connectivity index (χ1v) is 9.54. The van der Waals surface area contributed by atoms with E-state index in [9.17, 15) is 13.2 Å². The second-order valence-electron chi connectivity index (χ2n) is 6.10. The number of terminal acetylenes is 1. The number of benzene rings is 1. The van der Waals surface area contributed by atoms with E-state index in [4.69, 9.17) is 6.42 Å². The number of rotatable bonds is 7. The molecule has 0 fully saturated rings. The molecule has 1 aromatic carbocycles. The smallest absolute Gasteiger partial charge is 0.254 e. The second kappa shape index (κ2) is 8.17. The molecule has 0 aliphatic carbocycles. The van der Waals surface area contributed by atoms with Crippen LogP contribution in [0.2, 0.25) is 0 Å². The monoisotopic (exact) mass is 374 g/mol. The van der Waals surface area contributed by atoms with Gasteiger partial charge in [0.2, 0.25) is 10.0 Å². The highest BCUT2D eigenvalue weighted by molar-refractivity contribution is 7.89. The van der Waals surface area contributed by atoms with Gasteiger partial charge in [-0.25, -0.2) is 8.42 Å². The molecule has 1 N–H and O–H groups in total. The van der Waals surface area contributed by atoms with Gasteiger partial charge in [0.05, 0.1) is 17.6 Å². The van der Waals surface area contributed by atoms with Crippen LogP contribution in [0.4, 0.5) is 0 Å². The van der Waals surface area contributed by atoms with Crippen LogP contribution in [0.3, 0.4) is 0 Å². The third kappa shape index (κ3) is 4.71. The molecular weight excluding hydrogens is 352 g/mol. The summed E-state index contributed by atoms with van der Waals surface area (Å²) >= 11 is 0. The van der Waals surface area contributed by atoms with Crippen molar-refractivity contribution in [3.63, 3.8) is 0 Å². The van der Waals surface area contributed by atoms with Crippen LogP contribution in [-0.4, -0.2) is 41.6 Å². The van der Waals surface area contributed by atoms with Gasteiger partial charge in [0, 0.05) is 37.0 Å². The molecule has 0 bridgehead atoms. The van der Waals surface area contributed by atoms with Gasteiger partial charge in [-0.15, -0.1) is 6.42 Å². The summed E-state index contributed by atoms with van der Waals surface area (Å²) in [5, 5.41) is 4.12. The van der Waals surface area contributed by atoms with Crippen molar-refractivity contribution in [3.05, 3.63) is 47.8 Å². The quantitative estimate of drug-likeness (QED) is 0.742. The van der Waals surface area contributed by atoms with E-state index in [0.717, 1.165) is 5.56 Å². The van der Waals surface area contributed by atoms with Gasteiger partial charge in [0.15, 0.2) is 0 Å². The Hall–Kier alpha value is -2.63. The molecule has 8 heteroatoms. The van der Waals surface area contributed by atoms with Gasteiger partial charge in [-0.1, -0.05) is 5.92 Å². The van der Waals surface area contributed by atoms with E-state index < -0.39 is 10.0 Å². The van der Waals surface area contributed by atoms with Crippen LogP contribution in [0, 0.1) is 12.3 Å². The lowest BCUT2D eigenvalue weighted by molar-refractivity contribution is 0.0690. The fourth-order valence-electron chi connectivity index (χ4n) is 2.40. The summed E-state index contributed by atoms with van der Waals surface area (Å²) < 4.78 is 28.1. The Morgan fingerprint density at radius 2 is 2.00 bits per heavy atom. The lowest BCUT2D eigenvalue weighted by Gasteiger charge is -2.26. The molecule has 26 heavy (non-hydrogen) atoms. The van der Waals surface area contributed by atoms with E-state index in [1.165, 1.54) is 24.3 Å². The van der Waals surface area contributed by atoms with E-state index in [-0.39, 0.29) is 23.4 Å². The largest absolute Gasteiger partial charge is 0.332 e. The van der Waals surface area contributed by atoms with E-state index >= 15 is 0 Å². The Morgan fingerprint density at radius 3 is 2.50 bits per heavy atom. The molecule has 2 aromatic rings. The molecule has 2 rings (SSSR count). The molecule has 0 spiro atoms. The number of aromatic nitrogens is 2. The number of carbonyl (C=O) groups excluding carboxylic acids is 1. The maximum atomic E-state index is 12.8. The summed E-state index contributed by atoms with van der Waals surface area (Å²) in [5.41, 5.74) is 1.34. The van der Waals surface area contributed by atoms with Crippen molar-refractivity contribution < 1.29 is 13.2 Å². The molecule has 7 nitrogen and oxygen atoms in total. The Morgan fingerprint density at radius 1 is 1.35 bits per heavy atom. The first-order valence-electron chi connectivity index (χ1n) is 8.06. The molecule has 0 unspecified atom stereocenters. The minimum Gasteiger partial charge on any atom is -0.332 e. The number of aryl methyl sites for hydroxylation is 1. The summed E-state index contributed by atoms with van der Waals surface area (Å²) in [6.07, 6.45) is 8.65. The van der Waals surface area contributed by atoms with Crippen molar-refractivity contribution >= 4 is 15.9 Å². The van der Waals surface area contributed by atoms with Crippen LogP contribution in [-0.2, 0) is 23.6 Å². The maximum absolute atomic E-state index is 12.8. The Bertz CT molecular complexity index is 909. The fraction of sp³-hybridized carbons (Fsp3) is 0.333. The molecule has 0 atom stereocenters. The number of hydrogen-bond acceptors (Lipinski definition) is 4. The number of amides is 1. The van der Waals surface area contributed by atoms with Crippen molar-refractivity contribution in [2.45, 2.75) is 31.3 Å². The van der Waals surface area contributed by atoms with Gasteiger partial charge in [-0.3, -0.25) is 9.48 Å². The summed E-state index contributed by atoms with van der Waals surface area (Å²) in [4.78, 5) is 14.6. The lowest BCUT2D eigenvalue weighted by Crippen LogP contribution is -2.36. The summed E-state index contributed by atoms with van der Waals surface area (Å²) in [6, 6.07) is 5.78. The predicted octanol–water partition coefficient (Wildman–Crippen LogP) is 1.38. The molecule has 0 radical (unpaired) electrons. The van der Waals surface area contributed by atoms with Crippen LogP contribution in [0.1, 0.15) is 29.8 Å². The zero-order chi connectivity index (χ0) is 19.3. The average molecular weight is 374 g/mol. The third-order valence-corrected chi connectivity index (χ3v) is 5.19. The zero-order valence-electron chi connectivity index (χ0n) is 15.0. The first kappa shape index (κ1) is 19.7. The predicted molar refractivity (Wildman–Crippen MR) is 98.7 cm³/mol. The van der Waals surface area contributed by atoms with E-state index in [2.05, 4.69) is 15.7 Å². The molecule has 0 saturated heterocycles. The highest BCUT2D eigenvalue weighted by atomic mass is 32.2. The van der Waals surface area contributed by atoms with Crippen molar-refractivity contribution in [1.82, 2.24) is 19.4 Å². The van der Waals surface area contributed by atoms with Crippen LogP contribution in [0.25, 0.3) is 0 Å². The molecule has 1 heterocycles. The minimum atomic E-state index is -3.68. The highest BCUT2D eigenvalue weighted by Gasteiger charge is 2.21. The second-order valence-corrected chi connectivity index (χ2v) is 7.87. The Labute approximate surface area is 154 Å². The van der Waals surface area contributed by atoms with Crippen molar-refractivity contribution in [2.24, 2.45) is 7.05 Å². The lowest BCUT2D eigenvalue weighted by atomic mass is 10.1. The first-order chi connectivity index (χ1) is 12.2. The Kier molecular flexibility index (Phi) is 6.18. The standard InChI is InChI=1S/C18H22N4O3S/c1-5-10-20-26(24,25)17-8-6-16(7-9-17)18(23)22(14(2)3)13-15-11-19-21(4)12-15/h1,6-9,11-12,14,20H,10,13H2,2-4H3. The van der Waals surface area contributed by atoms with E-state index in [0.29, 0.717) is 12.1 Å². The minimum absolute atomic E-state index is 0.0246. The molecule has 0 saturated carbocycles. The number of nitrogens with zero attached hydrogens (tertiary/aromatic N) is 3. The highest BCUT2D eigenvalue weighted by Crippen LogP contribution is 2.16. The number of carbonyl (C=O) groups is 1. The summed E-state index contributed by atoms with van der Waals surface area (Å²) in [7, 11) is -1.86. The molecule has 0 aliphatic rings. The summed E-state index contributed by atoms with van der Waals surface area (Å²) in [6.45, 7) is 4.19. The van der Waals surface area contributed by atoms with Gasteiger partial charge in [-0.05, 0) is 38.1 Å². The van der Waals surface area contributed by atoms with Crippen molar-refractivity contribution in [2.75, 3.05) is 6.54 Å². The Balaban J connectivity index is 2.20. The third-order valence-electron chi connectivity index (χ3n) is 3.77. The topological polar surface area (TPSA) is 84.3 Å². The fourth-order valence-corrected chi connectivity index (χ4v) is 3.34. The molecule has 1 aromatic heterocycles. The normalized spacial score (nSPS) is 11.3. The summed E-state index contributed by atoms with van der Waals surface area (Å²) in [5.74, 6) is 2.04. The van der Waals surface area contributed by atoms with Crippen LogP contribution < -0.4 is 4.72 Å². The van der Waals surface area contributed by atoms with E-state index in [1.54, 1.807) is 15.8 Å². The molecule has 1 amide bonds. The number of nitrogens with one attached hydrogen (secondary N) is 1.